The number of carboxylic acids is 1. The Bertz CT molecular complexity index is 499. The highest BCUT2D eigenvalue weighted by Crippen LogP contribution is 2.37. The Morgan fingerprint density at radius 1 is 1.42 bits per heavy atom. The van der Waals surface area contributed by atoms with Crippen molar-refractivity contribution >= 4 is 13.8 Å². The molecule has 0 aliphatic carbocycles. The molecule has 1 atom stereocenters. The van der Waals surface area contributed by atoms with Crippen LogP contribution in [0.2, 0.25) is 0 Å². The summed E-state index contributed by atoms with van der Waals surface area (Å²) in [5.74, 6) is 4.10. The number of carboxylic acid groups (broad SMARTS) is 1. The zero-order valence-corrected chi connectivity index (χ0v) is 11.0. The lowest BCUT2D eigenvalue weighted by molar-refractivity contribution is -0.144. The average Bonchev–Trinajstić information content (AvgIpc) is 2.29. The first-order valence-corrected chi connectivity index (χ1v) is 6.74. The van der Waals surface area contributed by atoms with Gasteiger partial charge in [0, 0.05) is 6.42 Å². The normalized spacial score (nSPS) is 14.7. The Morgan fingerprint density at radius 3 is 2.32 bits per heavy atom. The van der Waals surface area contributed by atoms with Crippen LogP contribution in [0.15, 0.2) is 24.3 Å². The molecule has 0 aliphatic heterocycles. The largest absolute Gasteiger partial charge is 0.524 e. The highest BCUT2D eigenvalue weighted by molar-refractivity contribution is 7.46. The van der Waals surface area contributed by atoms with Gasteiger partial charge in [-0.25, -0.2) is 9.99 Å². The van der Waals surface area contributed by atoms with Crippen LogP contribution in [0, 0.1) is 0 Å². The minimum absolute atomic E-state index is 0.00480. The third-order valence-corrected chi connectivity index (χ3v) is 2.94. The van der Waals surface area contributed by atoms with Gasteiger partial charge in [0.05, 0.1) is 0 Å². The van der Waals surface area contributed by atoms with Gasteiger partial charge in [0.15, 0.2) is 0 Å². The molecule has 1 aromatic rings. The molecule has 0 saturated carbocycles. The number of hydrogen-bond acceptors (Lipinski definition) is 5. The number of phosphoric acid groups is 1. The summed E-state index contributed by atoms with van der Waals surface area (Å²) < 4.78 is 15.0. The van der Waals surface area contributed by atoms with E-state index in [-0.39, 0.29) is 12.2 Å². The second-order valence-corrected chi connectivity index (χ2v) is 5.35. The van der Waals surface area contributed by atoms with Crippen molar-refractivity contribution in [3.05, 3.63) is 29.8 Å². The Morgan fingerprint density at radius 2 is 1.95 bits per heavy atom. The van der Waals surface area contributed by atoms with Gasteiger partial charge in [-0.05, 0) is 24.6 Å². The second-order valence-electron chi connectivity index (χ2n) is 4.18. The van der Waals surface area contributed by atoms with E-state index in [1.807, 2.05) is 0 Å². The maximum atomic E-state index is 11.0. The third-order valence-electron chi connectivity index (χ3n) is 2.50. The number of hydrogen-bond donors (Lipinski definition) is 5. The van der Waals surface area contributed by atoms with Crippen LogP contribution >= 0.6 is 7.82 Å². The van der Waals surface area contributed by atoms with E-state index >= 15 is 0 Å². The first kappa shape index (κ1) is 15.6. The van der Waals surface area contributed by atoms with E-state index in [0.717, 1.165) is 0 Å². The average molecular weight is 290 g/mol. The summed E-state index contributed by atoms with van der Waals surface area (Å²) in [4.78, 5) is 28.3. The fourth-order valence-electron chi connectivity index (χ4n) is 1.40. The van der Waals surface area contributed by atoms with Crippen LogP contribution in [0.1, 0.15) is 12.5 Å². The summed E-state index contributed by atoms with van der Waals surface area (Å²) in [5.41, 5.74) is 1.52. The number of nitrogens with one attached hydrogen (secondary N) is 1. The van der Waals surface area contributed by atoms with E-state index in [2.05, 4.69) is 9.95 Å². The summed E-state index contributed by atoms with van der Waals surface area (Å²) in [5, 5.41) is 9.03. The van der Waals surface area contributed by atoms with Gasteiger partial charge >= 0.3 is 13.8 Å². The number of carbonyl (C=O) groups is 1. The number of hydrazine groups is 1. The van der Waals surface area contributed by atoms with Crippen LogP contribution in [0.25, 0.3) is 0 Å². The molecule has 1 rings (SSSR count). The van der Waals surface area contributed by atoms with E-state index in [4.69, 9.17) is 20.7 Å². The number of aliphatic carboxylic acids is 1. The standard InChI is InChI=1S/C10H15N2O6P/c1-10(12-11,9(13)14)6-7-2-4-8(5-3-7)18-19(15,16)17/h2-5,12H,6,11H2,1H3,(H,13,14)(H2,15,16,17)/t10-/m0/s1. The minimum atomic E-state index is -4.59. The molecule has 8 nitrogen and oxygen atoms in total. The van der Waals surface area contributed by atoms with Crippen molar-refractivity contribution in [2.24, 2.45) is 5.84 Å². The summed E-state index contributed by atoms with van der Waals surface area (Å²) in [7, 11) is -4.59. The predicted molar refractivity (Wildman–Crippen MR) is 66.2 cm³/mol. The van der Waals surface area contributed by atoms with Crippen LogP contribution in [-0.2, 0) is 15.8 Å². The van der Waals surface area contributed by atoms with Gasteiger partial charge < -0.3 is 9.63 Å². The van der Waals surface area contributed by atoms with Crippen molar-refractivity contribution < 1.29 is 28.8 Å². The molecule has 0 heterocycles. The zero-order valence-electron chi connectivity index (χ0n) is 10.1. The molecule has 0 fully saturated rings. The van der Waals surface area contributed by atoms with Crippen LogP contribution < -0.4 is 15.8 Å². The van der Waals surface area contributed by atoms with Crippen LogP contribution in [-0.4, -0.2) is 26.4 Å². The summed E-state index contributed by atoms with van der Waals surface area (Å²) >= 11 is 0. The molecular formula is C10H15N2O6P. The number of rotatable bonds is 6. The van der Waals surface area contributed by atoms with E-state index in [1.54, 1.807) is 0 Å². The first-order chi connectivity index (χ1) is 8.66. The quantitative estimate of drug-likeness (QED) is 0.280. The summed E-state index contributed by atoms with van der Waals surface area (Å²) in [6.07, 6.45) is 0.106. The third kappa shape index (κ3) is 4.62. The molecule has 0 bridgehead atoms. The highest BCUT2D eigenvalue weighted by Gasteiger charge is 2.31. The molecular weight excluding hydrogens is 275 g/mol. The Balaban J connectivity index is 2.83. The molecule has 19 heavy (non-hydrogen) atoms. The van der Waals surface area contributed by atoms with E-state index < -0.39 is 19.3 Å². The maximum Gasteiger partial charge on any atom is 0.524 e. The van der Waals surface area contributed by atoms with Crippen LogP contribution in [0.4, 0.5) is 0 Å². The van der Waals surface area contributed by atoms with Crippen molar-refractivity contribution in [3.63, 3.8) is 0 Å². The lowest BCUT2D eigenvalue weighted by Crippen LogP contribution is -2.54. The predicted octanol–water partition coefficient (Wildman–Crippen LogP) is 0.00720. The topological polar surface area (TPSA) is 142 Å². The van der Waals surface area contributed by atoms with Crippen molar-refractivity contribution in [2.75, 3.05) is 0 Å². The number of benzene rings is 1. The lowest BCUT2D eigenvalue weighted by atomic mass is 9.94. The van der Waals surface area contributed by atoms with Gasteiger partial charge in [-0.1, -0.05) is 12.1 Å². The molecule has 0 saturated heterocycles. The van der Waals surface area contributed by atoms with Crippen molar-refractivity contribution in [1.82, 2.24) is 5.43 Å². The molecule has 106 valence electrons. The molecule has 0 spiro atoms. The molecule has 6 N–H and O–H groups in total. The van der Waals surface area contributed by atoms with Gasteiger partial charge in [-0.3, -0.25) is 20.4 Å². The first-order valence-electron chi connectivity index (χ1n) is 5.21. The fourth-order valence-corrected chi connectivity index (χ4v) is 1.80. The van der Waals surface area contributed by atoms with Crippen molar-refractivity contribution in [2.45, 2.75) is 18.9 Å². The van der Waals surface area contributed by atoms with E-state index in [9.17, 15) is 9.36 Å². The van der Waals surface area contributed by atoms with Crippen molar-refractivity contribution in [3.8, 4) is 5.75 Å². The minimum Gasteiger partial charge on any atom is -0.480 e. The summed E-state index contributed by atoms with van der Waals surface area (Å²) in [6.45, 7) is 1.43. The molecule has 0 radical (unpaired) electrons. The van der Waals surface area contributed by atoms with E-state index in [0.29, 0.717) is 5.56 Å². The van der Waals surface area contributed by atoms with Gasteiger partial charge in [0.25, 0.3) is 0 Å². The summed E-state index contributed by atoms with van der Waals surface area (Å²) in [6, 6.07) is 5.69. The van der Waals surface area contributed by atoms with E-state index in [1.165, 1.54) is 31.2 Å². The van der Waals surface area contributed by atoms with Crippen LogP contribution in [0.5, 0.6) is 5.75 Å². The molecule has 1 aromatic carbocycles. The fraction of sp³-hybridized carbons (Fsp3) is 0.300. The molecule has 0 unspecified atom stereocenters. The smallest absolute Gasteiger partial charge is 0.480 e. The highest BCUT2D eigenvalue weighted by atomic mass is 31.2. The molecule has 9 heteroatoms. The lowest BCUT2D eigenvalue weighted by Gasteiger charge is -2.23. The van der Waals surface area contributed by atoms with Gasteiger partial charge in [-0.2, -0.15) is 0 Å². The monoisotopic (exact) mass is 290 g/mol. The maximum absolute atomic E-state index is 11.0. The van der Waals surface area contributed by atoms with Gasteiger partial charge in [0.2, 0.25) is 0 Å². The van der Waals surface area contributed by atoms with Crippen molar-refractivity contribution in [1.29, 1.82) is 0 Å². The van der Waals surface area contributed by atoms with Gasteiger partial charge in [0.1, 0.15) is 11.3 Å². The number of nitrogens with two attached hydrogens (primary N) is 1. The Labute approximate surface area is 109 Å². The zero-order chi connectivity index (χ0) is 14.7. The Hall–Kier alpha value is -1.44. The van der Waals surface area contributed by atoms with Crippen LogP contribution in [0.3, 0.4) is 0 Å². The molecule has 0 amide bonds. The molecule has 0 aliphatic rings. The second kappa shape index (κ2) is 5.68. The SMILES string of the molecule is C[C@@](Cc1ccc(OP(=O)(O)O)cc1)(NN)C(=O)O. The van der Waals surface area contributed by atoms with Gasteiger partial charge in [-0.15, -0.1) is 0 Å². The number of phosphoric ester groups is 1. The Kier molecular flexibility index (Phi) is 4.67. The molecule has 0 aromatic heterocycles.